The maximum Gasteiger partial charge on any atom is 0.0177 e. The molecule has 5 heavy (non-hydrogen) atoms. The first-order valence-corrected chi connectivity index (χ1v) is 2.31. The quantitative estimate of drug-likeness (QED) is 0.466. The van der Waals surface area contributed by atoms with E-state index in [4.69, 9.17) is 0 Å². The first-order valence-electron chi connectivity index (χ1n) is 1.43. The normalized spacial score (nSPS) is 17.2. The summed E-state index contributed by atoms with van der Waals surface area (Å²) < 4.78 is 0. The predicted octanol–water partition coefficient (Wildman–Crippen LogP) is 1.76. The third-order valence-electron chi connectivity index (χ3n) is 0.455. The molecule has 0 bridgehead atoms. The maximum atomic E-state index is 3.53. The molecular formula is C4H4S. The molecule has 1 heteroatoms. The first-order chi connectivity index (χ1) is 2.43. The molecule has 0 atom stereocenters. The average Bonchev–Trinajstić information content (AvgIpc) is 2.12. The van der Waals surface area contributed by atoms with Crippen molar-refractivity contribution in [1.29, 1.82) is 0 Å². The van der Waals surface area contributed by atoms with Crippen molar-refractivity contribution < 1.29 is 0 Å². The van der Waals surface area contributed by atoms with Crippen LogP contribution < -0.4 is 0 Å². The lowest BCUT2D eigenvalue weighted by Gasteiger charge is -1.55. The highest BCUT2D eigenvalue weighted by atomic mass is 32.2. The average molecular weight is 84.1 g/mol. The second-order valence-electron chi connectivity index (χ2n) is 0.842. The van der Waals surface area contributed by atoms with Crippen molar-refractivity contribution in [3.63, 3.8) is 0 Å². The van der Waals surface area contributed by atoms with Crippen LogP contribution in [0.25, 0.3) is 0 Å². The molecule has 1 rings (SSSR count). The lowest BCUT2D eigenvalue weighted by atomic mass is 10.6. The van der Waals surface area contributed by atoms with E-state index >= 15 is 0 Å². The molecule has 0 aromatic heterocycles. The van der Waals surface area contributed by atoms with E-state index in [2.05, 4.69) is 12.0 Å². The first kappa shape index (κ1) is 3.04. The van der Waals surface area contributed by atoms with Gasteiger partial charge in [-0.3, -0.25) is 0 Å². The van der Waals surface area contributed by atoms with E-state index in [1.807, 2.05) is 6.08 Å². The maximum absolute atomic E-state index is 3.53. The van der Waals surface area contributed by atoms with Gasteiger partial charge in [-0.05, 0) is 5.41 Å². The monoisotopic (exact) mass is 84.0 g/mol. The van der Waals surface area contributed by atoms with E-state index in [0.29, 0.717) is 0 Å². The van der Waals surface area contributed by atoms with Crippen LogP contribution >= 0.6 is 11.8 Å². The predicted molar refractivity (Wildman–Crippen MR) is 25.9 cm³/mol. The number of hydrogen-bond acceptors (Lipinski definition) is 1. The third-order valence-corrected chi connectivity index (χ3v) is 1.13. The van der Waals surface area contributed by atoms with Crippen LogP contribution in [0.5, 0.6) is 0 Å². The number of rotatable bonds is 1. The molecule has 0 aromatic carbocycles. The zero-order valence-corrected chi connectivity index (χ0v) is 3.59. The second kappa shape index (κ2) is 0.902. The van der Waals surface area contributed by atoms with Gasteiger partial charge < -0.3 is 0 Å². The molecule has 1 heterocycles. The summed E-state index contributed by atoms with van der Waals surface area (Å²) in [6.45, 7) is 3.53. The second-order valence-corrected chi connectivity index (χ2v) is 1.79. The standard InChI is InChI=1S/C4H4S/c1-2-4-3-5-4/h2-3H,1H2. The van der Waals surface area contributed by atoms with Crippen molar-refractivity contribution in [2.24, 2.45) is 0 Å². The Kier molecular flexibility index (Phi) is 0.548. The van der Waals surface area contributed by atoms with Crippen LogP contribution in [0.2, 0.25) is 0 Å². The molecule has 1 aliphatic rings. The Morgan fingerprint density at radius 3 is 2.60 bits per heavy atom. The molecule has 0 N–H and O–H groups in total. The smallest absolute Gasteiger partial charge is 0.0177 e. The fourth-order valence-electron chi connectivity index (χ4n) is 0.130. The highest BCUT2D eigenvalue weighted by Crippen LogP contribution is 2.33. The van der Waals surface area contributed by atoms with Gasteiger partial charge in [0.15, 0.2) is 0 Å². The van der Waals surface area contributed by atoms with Crippen LogP contribution in [0, 0.1) is 0 Å². The highest BCUT2D eigenvalue weighted by Gasteiger charge is 1.99. The van der Waals surface area contributed by atoms with Crippen LogP contribution in [0.4, 0.5) is 0 Å². The van der Waals surface area contributed by atoms with Crippen molar-refractivity contribution in [3.8, 4) is 0 Å². The van der Waals surface area contributed by atoms with Gasteiger partial charge in [0.25, 0.3) is 0 Å². The molecule has 0 fully saturated rings. The van der Waals surface area contributed by atoms with Crippen molar-refractivity contribution in [2.75, 3.05) is 0 Å². The van der Waals surface area contributed by atoms with Crippen LogP contribution in [-0.4, -0.2) is 0 Å². The van der Waals surface area contributed by atoms with Crippen molar-refractivity contribution >= 4 is 11.8 Å². The van der Waals surface area contributed by atoms with Crippen LogP contribution in [0.15, 0.2) is 23.0 Å². The summed E-state index contributed by atoms with van der Waals surface area (Å²) in [6.07, 6.45) is 1.85. The van der Waals surface area contributed by atoms with Gasteiger partial charge in [0.2, 0.25) is 0 Å². The number of allylic oxidation sites excluding steroid dienone is 1. The van der Waals surface area contributed by atoms with Gasteiger partial charge in [0, 0.05) is 4.91 Å². The molecular weight excluding hydrogens is 80.1 g/mol. The summed E-state index contributed by atoms with van der Waals surface area (Å²) in [4.78, 5) is 1.31. The minimum atomic E-state index is 1.31. The summed E-state index contributed by atoms with van der Waals surface area (Å²) in [5.74, 6) is 0. The topological polar surface area (TPSA) is 0 Å². The van der Waals surface area contributed by atoms with Gasteiger partial charge in [-0.25, -0.2) is 0 Å². The van der Waals surface area contributed by atoms with E-state index in [9.17, 15) is 0 Å². The van der Waals surface area contributed by atoms with Gasteiger partial charge in [-0.2, -0.15) is 0 Å². The van der Waals surface area contributed by atoms with Gasteiger partial charge in [0.1, 0.15) is 0 Å². The largest absolute Gasteiger partial charge is 0.0979 e. The molecule has 0 unspecified atom stereocenters. The molecule has 0 radical (unpaired) electrons. The molecule has 0 aromatic rings. The fourth-order valence-corrected chi connectivity index (χ4v) is 0.391. The van der Waals surface area contributed by atoms with Crippen LogP contribution in [0.3, 0.4) is 0 Å². The lowest BCUT2D eigenvalue weighted by Crippen LogP contribution is -1.30. The van der Waals surface area contributed by atoms with Gasteiger partial charge in [-0.15, -0.1) is 0 Å². The summed E-state index contributed by atoms with van der Waals surface area (Å²) in [5, 5.41) is 2.06. The zero-order valence-electron chi connectivity index (χ0n) is 2.77. The summed E-state index contributed by atoms with van der Waals surface area (Å²) in [6, 6.07) is 0. The molecule has 0 amide bonds. The fraction of sp³-hybridized carbons (Fsp3) is 0. The van der Waals surface area contributed by atoms with Gasteiger partial charge in [0.05, 0.1) is 0 Å². The summed E-state index contributed by atoms with van der Waals surface area (Å²) >= 11 is 1.74. The Morgan fingerprint density at radius 2 is 2.60 bits per heavy atom. The Morgan fingerprint density at radius 1 is 2.00 bits per heavy atom. The van der Waals surface area contributed by atoms with E-state index in [1.54, 1.807) is 11.8 Å². The zero-order chi connectivity index (χ0) is 3.70. The highest BCUT2D eigenvalue weighted by molar-refractivity contribution is 8.12. The van der Waals surface area contributed by atoms with Gasteiger partial charge >= 0.3 is 0 Å². The van der Waals surface area contributed by atoms with Crippen LogP contribution in [-0.2, 0) is 0 Å². The van der Waals surface area contributed by atoms with E-state index < -0.39 is 0 Å². The minimum absolute atomic E-state index is 1.31. The van der Waals surface area contributed by atoms with Gasteiger partial charge in [-0.1, -0.05) is 24.4 Å². The van der Waals surface area contributed by atoms with Crippen LogP contribution in [0.1, 0.15) is 0 Å². The lowest BCUT2D eigenvalue weighted by molar-refractivity contribution is 2.13. The van der Waals surface area contributed by atoms with E-state index in [1.165, 1.54) is 4.91 Å². The van der Waals surface area contributed by atoms with E-state index in [-0.39, 0.29) is 0 Å². The molecule has 0 aliphatic carbocycles. The number of thioether (sulfide) groups is 1. The molecule has 0 saturated carbocycles. The summed E-state index contributed by atoms with van der Waals surface area (Å²) in [7, 11) is 0. The Bertz CT molecular complexity index is 78.9. The third kappa shape index (κ3) is 0.550. The van der Waals surface area contributed by atoms with Crippen molar-refractivity contribution in [1.82, 2.24) is 0 Å². The Labute approximate surface area is 35.6 Å². The Hall–Kier alpha value is -0.170. The molecule has 0 nitrogen and oxygen atoms in total. The summed E-state index contributed by atoms with van der Waals surface area (Å²) in [5.41, 5.74) is 0. The molecule has 0 spiro atoms. The Balaban J connectivity index is 2.49. The molecule has 26 valence electrons. The van der Waals surface area contributed by atoms with E-state index in [0.717, 1.165) is 0 Å². The minimum Gasteiger partial charge on any atom is -0.0979 e. The number of hydrogen-bond donors (Lipinski definition) is 0. The van der Waals surface area contributed by atoms with Crippen molar-refractivity contribution in [2.45, 2.75) is 0 Å². The SMILES string of the molecule is C=CC1=CS1. The van der Waals surface area contributed by atoms with Crippen molar-refractivity contribution in [3.05, 3.63) is 23.0 Å². The molecule has 1 aliphatic heterocycles. The molecule has 0 saturated heterocycles.